The van der Waals surface area contributed by atoms with E-state index in [2.05, 4.69) is 22.0 Å². The Morgan fingerprint density at radius 3 is 2.41 bits per heavy atom. The van der Waals surface area contributed by atoms with Gasteiger partial charge >= 0.3 is 0 Å². The van der Waals surface area contributed by atoms with Crippen molar-refractivity contribution < 1.29 is 18.9 Å². The molecule has 4 rings (SSSR count). The smallest absolute Gasteiger partial charge is 0.235 e. The summed E-state index contributed by atoms with van der Waals surface area (Å²) in [7, 11) is 4.65. The molecule has 3 N–H and O–H groups in total. The molecule has 12 heteroatoms. The molecule has 176 valence electrons. The first kappa shape index (κ1) is 23.6. The van der Waals surface area contributed by atoms with E-state index in [4.69, 9.17) is 31.5 Å². The first-order valence-electron chi connectivity index (χ1n) is 9.71. The number of nitrogens with one attached hydrogen (secondary N) is 1. The van der Waals surface area contributed by atoms with Crippen molar-refractivity contribution in [3.63, 3.8) is 0 Å². The molecule has 0 spiro atoms. The molecule has 0 atom stereocenters. The molecule has 0 aliphatic heterocycles. The summed E-state index contributed by atoms with van der Waals surface area (Å²) in [6, 6.07) is 8.64. The Labute approximate surface area is 208 Å². The fraction of sp³-hybridized carbons (Fsp3) is 0.136. The van der Waals surface area contributed by atoms with E-state index in [0.717, 1.165) is 10.4 Å². The first-order valence-corrected chi connectivity index (χ1v) is 11.8. The van der Waals surface area contributed by atoms with Crippen LogP contribution in [0.15, 0.2) is 35.7 Å². The summed E-state index contributed by atoms with van der Waals surface area (Å²) in [5.74, 6) is 1.87. The predicted molar refractivity (Wildman–Crippen MR) is 138 cm³/mol. The van der Waals surface area contributed by atoms with Gasteiger partial charge in [-0.3, -0.25) is 0 Å². The van der Waals surface area contributed by atoms with Crippen molar-refractivity contribution >= 4 is 63.3 Å². The Hall–Kier alpha value is -3.54. The zero-order valence-corrected chi connectivity index (χ0v) is 20.8. The maximum absolute atomic E-state index is 11.6. The monoisotopic (exact) mass is 517 g/mol. The molecular formula is C22H20ClN5O4S2. The van der Waals surface area contributed by atoms with Gasteiger partial charge in [-0.2, -0.15) is 4.74 Å². The quantitative estimate of drug-likeness (QED) is 0.131. The van der Waals surface area contributed by atoms with E-state index in [0.29, 0.717) is 54.3 Å². The summed E-state index contributed by atoms with van der Waals surface area (Å²) in [5, 5.41) is 18.3. The maximum atomic E-state index is 11.6. The summed E-state index contributed by atoms with van der Waals surface area (Å²) in [6.45, 7) is 3.36. The van der Waals surface area contributed by atoms with Crippen LogP contribution in [0.25, 0.3) is 21.1 Å². The minimum atomic E-state index is 0.267. The predicted octanol–water partition coefficient (Wildman–Crippen LogP) is 5.78. The van der Waals surface area contributed by atoms with Crippen LogP contribution in [0.4, 0.5) is 22.3 Å². The van der Waals surface area contributed by atoms with Gasteiger partial charge < -0.3 is 30.5 Å². The lowest BCUT2D eigenvalue weighted by molar-refractivity contribution is -0.349. The minimum absolute atomic E-state index is 0.267. The average Bonchev–Trinajstić information content (AvgIpc) is 3.45. The van der Waals surface area contributed by atoms with Gasteiger partial charge in [0, 0.05) is 34.8 Å². The fourth-order valence-electron chi connectivity index (χ4n) is 3.19. The number of nitrogens with two attached hydrogens (primary N) is 1. The number of benzene rings is 2. The Balaban J connectivity index is 1.62. The van der Waals surface area contributed by atoms with E-state index in [-0.39, 0.29) is 5.69 Å². The molecule has 0 amide bonds. The van der Waals surface area contributed by atoms with Gasteiger partial charge in [-0.15, -0.1) is 11.3 Å². The topological polar surface area (TPSA) is 118 Å². The zero-order valence-electron chi connectivity index (χ0n) is 18.4. The highest BCUT2D eigenvalue weighted by Crippen LogP contribution is 2.43. The number of aromatic nitrogens is 2. The summed E-state index contributed by atoms with van der Waals surface area (Å²) in [6.07, 6.45) is 0. The van der Waals surface area contributed by atoms with E-state index in [1.807, 2.05) is 5.38 Å². The van der Waals surface area contributed by atoms with E-state index in [1.54, 1.807) is 51.7 Å². The van der Waals surface area contributed by atoms with Crippen LogP contribution in [0.1, 0.15) is 0 Å². The highest BCUT2D eigenvalue weighted by molar-refractivity contribution is 7.23. The normalized spacial score (nSPS) is 10.7. The van der Waals surface area contributed by atoms with Crippen LogP contribution < -0.4 is 25.3 Å². The summed E-state index contributed by atoms with van der Waals surface area (Å²) >= 11 is 8.86. The number of hydrogen-bond donors (Lipinski definition) is 2. The highest BCUT2D eigenvalue weighted by atomic mass is 35.5. The largest absolute Gasteiger partial charge is 0.619 e. The van der Waals surface area contributed by atoms with Crippen LogP contribution in [0, 0.1) is 5.21 Å². The minimum Gasteiger partial charge on any atom is -0.619 e. The standard InChI is InChI=1S/C22H20ClN5O4S2/c1-28(29)15-7-11(5-6-13(15)23)14-10-33-21(26-14)19-20(24)27-22(34-19)25-12-8-16(30-2)18(32-4)17(9-12)31-3/h5-10H,1,24H2,2-4H3,(H,25,27). The second-order valence-corrected chi connectivity index (χ2v) is 9.12. The van der Waals surface area contributed by atoms with E-state index >= 15 is 0 Å². The molecule has 0 saturated heterocycles. The van der Waals surface area contributed by atoms with Gasteiger partial charge in [0.05, 0.1) is 27.0 Å². The summed E-state index contributed by atoms with van der Waals surface area (Å²) in [5.41, 5.74) is 8.59. The van der Waals surface area contributed by atoms with Crippen LogP contribution in [0.3, 0.4) is 0 Å². The maximum Gasteiger partial charge on any atom is 0.235 e. The Kier molecular flexibility index (Phi) is 6.77. The Morgan fingerprint density at radius 2 is 1.79 bits per heavy atom. The van der Waals surface area contributed by atoms with Crippen LogP contribution >= 0.6 is 34.3 Å². The molecule has 0 aliphatic carbocycles. The van der Waals surface area contributed by atoms with Gasteiger partial charge in [0.25, 0.3) is 0 Å². The molecule has 0 saturated carbocycles. The second kappa shape index (κ2) is 9.75. The molecule has 2 heterocycles. The molecule has 0 radical (unpaired) electrons. The molecule has 34 heavy (non-hydrogen) atoms. The summed E-state index contributed by atoms with van der Waals surface area (Å²) < 4.78 is 16.6. The van der Waals surface area contributed by atoms with Crippen molar-refractivity contribution in [3.8, 4) is 38.4 Å². The van der Waals surface area contributed by atoms with Gasteiger partial charge in [0.2, 0.25) is 11.4 Å². The van der Waals surface area contributed by atoms with Gasteiger partial charge in [0.1, 0.15) is 27.4 Å². The molecule has 0 fully saturated rings. The lowest BCUT2D eigenvalue weighted by Gasteiger charge is -2.14. The van der Waals surface area contributed by atoms with Gasteiger partial charge in [0.15, 0.2) is 16.6 Å². The third kappa shape index (κ3) is 4.58. The van der Waals surface area contributed by atoms with Gasteiger partial charge in [-0.05, 0) is 6.07 Å². The number of thiazole rings is 2. The van der Waals surface area contributed by atoms with Crippen molar-refractivity contribution in [2.75, 3.05) is 32.4 Å². The van der Waals surface area contributed by atoms with Crippen molar-refractivity contribution in [2.24, 2.45) is 0 Å². The molecule has 0 aliphatic rings. The first-order chi connectivity index (χ1) is 16.3. The molecule has 2 aromatic heterocycles. The number of nitrogen functional groups attached to an aromatic ring is 1. The molecule has 9 nitrogen and oxygen atoms in total. The molecule has 0 unspecified atom stereocenters. The van der Waals surface area contributed by atoms with Crippen LogP contribution in [0.2, 0.25) is 5.02 Å². The van der Waals surface area contributed by atoms with Crippen LogP contribution in [-0.4, -0.2) is 42.8 Å². The third-order valence-electron chi connectivity index (χ3n) is 4.78. The molecule has 4 aromatic rings. The number of methoxy groups -OCH3 is 3. The number of rotatable bonds is 8. The summed E-state index contributed by atoms with van der Waals surface area (Å²) in [4.78, 5) is 9.84. The highest BCUT2D eigenvalue weighted by Gasteiger charge is 2.18. The lowest BCUT2D eigenvalue weighted by Crippen LogP contribution is -1.97. The lowest BCUT2D eigenvalue weighted by atomic mass is 10.1. The Bertz CT molecular complexity index is 1350. The van der Waals surface area contributed by atoms with Crippen LogP contribution in [-0.2, 0) is 0 Å². The van der Waals surface area contributed by atoms with Crippen molar-refractivity contribution in [1.82, 2.24) is 9.97 Å². The van der Waals surface area contributed by atoms with E-state index in [1.165, 1.54) is 22.7 Å². The average molecular weight is 518 g/mol. The SMILES string of the molecule is C=[N+]([O-])c1cc(-c2csc(-c3sc(Nc4cc(OC)c(OC)c(OC)c4)nc3N)n2)ccc1Cl. The zero-order chi connectivity index (χ0) is 24.4. The van der Waals surface area contributed by atoms with Gasteiger partial charge in [-0.1, -0.05) is 29.0 Å². The number of anilines is 3. The van der Waals surface area contributed by atoms with E-state index in [9.17, 15) is 5.21 Å². The molecular weight excluding hydrogens is 498 g/mol. The number of nitrogens with zero attached hydrogens (tertiary/aromatic N) is 3. The van der Waals surface area contributed by atoms with Crippen molar-refractivity contribution in [2.45, 2.75) is 0 Å². The van der Waals surface area contributed by atoms with Crippen LogP contribution in [0.5, 0.6) is 17.2 Å². The second-order valence-electron chi connectivity index (χ2n) is 6.85. The number of ether oxygens (including phenoxy) is 3. The van der Waals surface area contributed by atoms with Crippen molar-refractivity contribution in [1.29, 1.82) is 0 Å². The fourth-order valence-corrected chi connectivity index (χ4v) is 5.23. The van der Waals surface area contributed by atoms with E-state index < -0.39 is 0 Å². The number of hydrogen-bond acceptors (Lipinski definition) is 10. The number of halogens is 1. The Morgan fingerprint density at radius 1 is 1.09 bits per heavy atom. The van der Waals surface area contributed by atoms with Crippen molar-refractivity contribution in [3.05, 3.63) is 45.9 Å². The molecule has 2 aromatic carbocycles. The third-order valence-corrected chi connectivity index (χ3v) is 7.08. The molecule has 0 bridgehead atoms. The van der Waals surface area contributed by atoms with Gasteiger partial charge in [-0.25, -0.2) is 9.97 Å².